The second-order valence-corrected chi connectivity index (χ2v) is 10.1. The van der Waals surface area contributed by atoms with Gasteiger partial charge in [0.25, 0.3) is 0 Å². The lowest BCUT2D eigenvalue weighted by atomic mass is 9.83. The van der Waals surface area contributed by atoms with Crippen LogP contribution in [0.15, 0.2) is 72.8 Å². The van der Waals surface area contributed by atoms with Gasteiger partial charge in [-0.2, -0.15) is 0 Å². The lowest BCUT2D eigenvalue weighted by Crippen LogP contribution is -2.13. The molecule has 0 bridgehead atoms. The van der Waals surface area contributed by atoms with Crippen LogP contribution in [-0.4, -0.2) is 30.9 Å². The van der Waals surface area contributed by atoms with Crippen molar-refractivity contribution in [2.24, 2.45) is 0 Å². The predicted octanol–water partition coefficient (Wildman–Crippen LogP) is 7.63. The van der Waals surface area contributed by atoms with Crippen LogP contribution in [0.1, 0.15) is 62.5 Å². The third-order valence-electron chi connectivity index (χ3n) is 7.17. The smallest absolute Gasteiger partial charge is 0.333 e. The average Bonchev–Trinajstić information content (AvgIpc) is 2.94. The van der Waals surface area contributed by atoms with Crippen LogP contribution in [0.2, 0.25) is 0 Å². The summed E-state index contributed by atoms with van der Waals surface area (Å²) in [6.07, 6.45) is 7.58. The highest BCUT2D eigenvalue weighted by atomic mass is 19.1. The first-order valence-electron chi connectivity index (χ1n) is 13.6. The average molecular weight is 517 g/mol. The van der Waals surface area contributed by atoms with Gasteiger partial charge in [-0.3, -0.25) is 0 Å². The second kappa shape index (κ2) is 13.4. The highest BCUT2D eigenvalue weighted by Crippen LogP contribution is 2.39. The summed E-state index contributed by atoms with van der Waals surface area (Å²) < 4.78 is 26.7. The van der Waals surface area contributed by atoms with Gasteiger partial charge in [-0.1, -0.05) is 74.4 Å². The van der Waals surface area contributed by atoms with Crippen molar-refractivity contribution in [1.82, 2.24) is 0 Å². The van der Waals surface area contributed by atoms with E-state index in [2.05, 4.69) is 18.7 Å². The van der Waals surface area contributed by atoms with Crippen LogP contribution in [0.4, 0.5) is 4.39 Å². The quantitative estimate of drug-likeness (QED) is 0.162. The highest BCUT2D eigenvalue weighted by Gasteiger charge is 2.19. The summed E-state index contributed by atoms with van der Waals surface area (Å²) in [5.41, 5.74) is 5.59. The number of halogens is 1. The number of aliphatic hydroxyl groups is 1. The van der Waals surface area contributed by atoms with E-state index in [1.165, 1.54) is 24.8 Å². The number of carbonyl (C=O) groups excluding carboxylic acids is 1. The minimum absolute atomic E-state index is 0.111. The van der Waals surface area contributed by atoms with Gasteiger partial charge in [0.05, 0.1) is 0 Å². The van der Waals surface area contributed by atoms with Gasteiger partial charge in [0.15, 0.2) is 0 Å². The van der Waals surface area contributed by atoms with Crippen molar-refractivity contribution >= 4 is 5.97 Å². The van der Waals surface area contributed by atoms with Crippen LogP contribution in [0.3, 0.4) is 0 Å². The molecule has 0 aromatic heterocycles. The zero-order chi connectivity index (χ0) is 26.9. The molecule has 3 aromatic carbocycles. The first kappa shape index (κ1) is 27.6. The Morgan fingerprint density at radius 3 is 2.34 bits per heavy atom. The molecular formula is C33H37FO4. The molecule has 0 spiro atoms. The van der Waals surface area contributed by atoms with Gasteiger partial charge in [-0.25, -0.2) is 9.18 Å². The normalized spacial score (nSPS) is 13.8. The molecule has 0 unspecified atom stereocenters. The monoisotopic (exact) mass is 516 g/mol. The largest absolute Gasteiger partial charge is 0.489 e. The molecule has 0 atom stereocenters. The van der Waals surface area contributed by atoms with Gasteiger partial charge in [-0.05, 0) is 72.9 Å². The molecule has 1 aliphatic rings. The SMILES string of the molecule is C=C(C)C(=O)OCCOc1cc(C2CCCCC2)ccc1-c1ccc(-c2ccc(CCCO)cc2)c(F)c1. The molecule has 3 aromatic rings. The van der Waals surface area contributed by atoms with Crippen LogP contribution in [0.25, 0.3) is 22.3 Å². The molecule has 1 aliphatic carbocycles. The van der Waals surface area contributed by atoms with Gasteiger partial charge in [-0.15, -0.1) is 0 Å². The van der Waals surface area contributed by atoms with E-state index in [4.69, 9.17) is 14.6 Å². The van der Waals surface area contributed by atoms with E-state index in [1.807, 2.05) is 36.4 Å². The van der Waals surface area contributed by atoms with Gasteiger partial charge in [0.2, 0.25) is 0 Å². The molecule has 4 rings (SSSR count). The molecular weight excluding hydrogens is 479 g/mol. The Bertz CT molecular complexity index is 1240. The number of benzene rings is 3. The Morgan fingerprint density at radius 2 is 1.66 bits per heavy atom. The molecule has 0 radical (unpaired) electrons. The molecule has 5 heteroatoms. The van der Waals surface area contributed by atoms with Crippen LogP contribution in [0.5, 0.6) is 5.75 Å². The first-order valence-corrected chi connectivity index (χ1v) is 13.6. The number of carbonyl (C=O) groups is 1. The number of hydrogen-bond donors (Lipinski definition) is 1. The minimum Gasteiger partial charge on any atom is -0.489 e. The number of hydrogen-bond acceptors (Lipinski definition) is 4. The standard InChI is InChI=1S/C33H37FO4/c1-23(2)33(36)38-20-19-37-32-22-27(25-8-4-3-5-9-25)14-17-30(32)28-15-16-29(31(34)21-28)26-12-10-24(11-13-26)7-6-18-35/h10-17,21-22,25,35H,1,3-9,18-20H2,2H3. The van der Waals surface area contributed by atoms with Crippen LogP contribution in [0, 0.1) is 5.82 Å². The van der Waals surface area contributed by atoms with Crippen LogP contribution in [-0.2, 0) is 16.0 Å². The van der Waals surface area contributed by atoms with Gasteiger partial charge in [0, 0.05) is 23.3 Å². The fourth-order valence-electron chi connectivity index (χ4n) is 5.05. The maximum Gasteiger partial charge on any atom is 0.333 e. The fraction of sp³-hybridized carbons (Fsp3) is 0.364. The Kier molecular flexibility index (Phi) is 9.72. The fourth-order valence-corrected chi connectivity index (χ4v) is 5.05. The van der Waals surface area contributed by atoms with Crippen molar-refractivity contribution in [3.05, 3.63) is 89.8 Å². The van der Waals surface area contributed by atoms with E-state index >= 15 is 4.39 Å². The number of aryl methyl sites for hydroxylation is 1. The molecule has 1 saturated carbocycles. The molecule has 0 amide bonds. The summed E-state index contributed by atoms with van der Waals surface area (Å²) in [6.45, 7) is 5.68. The summed E-state index contributed by atoms with van der Waals surface area (Å²) in [7, 11) is 0. The summed E-state index contributed by atoms with van der Waals surface area (Å²) in [6, 6.07) is 19.3. The second-order valence-electron chi connectivity index (χ2n) is 10.1. The van der Waals surface area contributed by atoms with E-state index in [0.29, 0.717) is 29.2 Å². The van der Waals surface area contributed by atoms with E-state index in [9.17, 15) is 4.79 Å². The third kappa shape index (κ3) is 7.11. The molecule has 1 N–H and O–H groups in total. The highest BCUT2D eigenvalue weighted by molar-refractivity contribution is 5.86. The zero-order valence-corrected chi connectivity index (χ0v) is 22.2. The van der Waals surface area contributed by atoms with E-state index in [1.54, 1.807) is 19.1 Å². The summed E-state index contributed by atoms with van der Waals surface area (Å²) in [4.78, 5) is 11.7. The molecule has 0 heterocycles. The summed E-state index contributed by atoms with van der Waals surface area (Å²) in [5, 5.41) is 9.04. The topological polar surface area (TPSA) is 55.8 Å². The van der Waals surface area contributed by atoms with Crippen LogP contribution < -0.4 is 4.74 Å². The maximum atomic E-state index is 15.4. The Balaban J connectivity index is 1.57. The number of ether oxygens (including phenoxy) is 2. The number of aliphatic hydroxyl groups excluding tert-OH is 1. The van der Waals surface area contributed by atoms with Crippen molar-refractivity contribution in [3.8, 4) is 28.0 Å². The first-order chi connectivity index (χ1) is 18.5. The zero-order valence-electron chi connectivity index (χ0n) is 22.2. The van der Waals surface area contributed by atoms with Gasteiger partial charge in [0.1, 0.15) is 24.8 Å². The number of rotatable bonds is 11. The van der Waals surface area contributed by atoms with Crippen molar-refractivity contribution in [3.63, 3.8) is 0 Å². The molecule has 200 valence electrons. The third-order valence-corrected chi connectivity index (χ3v) is 7.17. The van der Waals surface area contributed by atoms with Crippen molar-refractivity contribution in [2.75, 3.05) is 19.8 Å². The molecule has 1 fully saturated rings. The lowest BCUT2D eigenvalue weighted by Gasteiger charge is -2.23. The Labute approximate surface area is 225 Å². The van der Waals surface area contributed by atoms with E-state index in [0.717, 1.165) is 41.5 Å². The summed E-state index contributed by atoms with van der Waals surface area (Å²) >= 11 is 0. The van der Waals surface area contributed by atoms with Crippen molar-refractivity contribution in [1.29, 1.82) is 0 Å². The number of esters is 1. The van der Waals surface area contributed by atoms with E-state index in [-0.39, 0.29) is 25.6 Å². The minimum atomic E-state index is -0.441. The van der Waals surface area contributed by atoms with E-state index < -0.39 is 5.97 Å². The van der Waals surface area contributed by atoms with Crippen LogP contribution >= 0.6 is 0 Å². The maximum absolute atomic E-state index is 15.4. The lowest BCUT2D eigenvalue weighted by molar-refractivity contribution is -0.139. The van der Waals surface area contributed by atoms with Gasteiger partial charge < -0.3 is 14.6 Å². The molecule has 0 aliphatic heterocycles. The van der Waals surface area contributed by atoms with Gasteiger partial charge >= 0.3 is 5.97 Å². The Hall–Kier alpha value is -3.44. The Morgan fingerprint density at radius 1 is 0.947 bits per heavy atom. The molecule has 4 nitrogen and oxygen atoms in total. The molecule has 38 heavy (non-hydrogen) atoms. The molecule has 0 saturated heterocycles. The van der Waals surface area contributed by atoms with Crippen molar-refractivity contribution < 1.29 is 23.8 Å². The summed E-state index contributed by atoms with van der Waals surface area (Å²) in [5.74, 6) is 0.424. The predicted molar refractivity (Wildman–Crippen MR) is 150 cm³/mol. The van der Waals surface area contributed by atoms with Crippen molar-refractivity contribution in [2.45, 2.75) is 57.8 Å².